The van der Waals surface area contributed by atoms with Gasteiger partial charge in [-0.3, -0.25) is 4.79 Å². The van der Waals surface area contributed by atoms with Gasteiger partial charge in [-0.2, -0.15) is 0 Å². The lowest BCUT2D eigenvalue weighted by Crippen LogP contribution is -2.34. The van der Waals surface area contributed by atoms with E-state index in [1.54, 1.807) is 6.07 Å². The van der Waals surface area contributed by atoms with Crippen molar-refractivity contribution in [3.8, 4) is 11.5 Å². The van der Waals surface area contributed by atoms with Gasteiger partial charge in [-0.1, -0.05) is 6.42 Å². The summed E-state index contributed by atoms with van der Waals surface area (Å²) in [6.07, 6.45) is 2.83. The average molecular weight is 299 g/mol. The molecule has 5 nitrogen and oxygen atoms in total. The van der Waals surface area contributed by atoms with E-state index in [9.17, 15) is 4.79 Å². The van der Waals surface area contributed by atoms with Crippen LogP contribution in [0.3, 0.4) is 0 Å². The molecule has 1 saturated carbocycles. The predicted molar refractivity (Wildman–Crippen MR) is 78.6 cm³/mol. The smallest absolute Gasteiger partial charge is 0.229 e. The molecule has 6 heteroatoms. The summed E-state index contributed by atoms with van der Waals surface area (Å²) in [6, 6.07) is 5.43. The van der Waals surface area contributed by atoms with E-state index in [1.807, 2.05) is 12.1 Å². The first kappa shape index (κ1) is 14.9. The Hall–Kier alpha value is -1.46. The minimum absolute atomic E-state index is 0. The van der Waals surface area contributed by atoms with Crippen molar-refractivity contribution < 1.29 is 14.3 Å². The highest BCUT2D eigenvalue weighted by Crippen LogP contribution is 2.33. The van der Waals surface area contributed by atoms with Gasteiger partial charge >= 0.3 is 0 Å². The van der Waals surface area contributed by atoms with Crippen LogP contribution in [0, 0.1) is 5.92 Å². The molecule has 110 valence electrons. The molecule has 1 aromatic rings. The van der Waals surface area contributed by atoms with Crippen molar-refractivity contribution in [2.75, 3.05) is 18.5 Å². The molecule has 0 bridgehead atoms. The van der Waals surface area contributed by atoms with E-state index in [0.29, 0.717) is 19.0 Å². The van der Waals surface area contributed by atoms with Gasteiger partial charge in [0, 0.05) is 17.8 Å². The van der Waals surface area contributed by atoms with E-state index in [4.69, 9.17) is 15.2 Å². The van der Waals surface area contributed by atoms with Crippen LogP contribution in [0.1, 0.15) is 19.3 Å². The number of hydrogen-bond acceptors (Lipinski definition) is 4. The molecular formula is C14H19ClN2O3. The maximum atomic E-state index is 12.1. The van der Waals surface area contributed by atoms with Gasteiger partial charge in [-0.05, 0) is 25.0 Å². The quantitative estimate of drug-likeness (QED) is 0.875. The molecule has 1 heterocycles. The fourth-order valence-corrected chi connectivity index (χ4v) is 2.67. The van der Waals surface area contributed by atoms with Crippen LogP contribution >= 0.6 is 12.4 Å². The number of nitrogens with two attached hydrogens (primary N) is 1. The summed E-state index contributed by atoms with van der Waals surface area (Å²) in [5.74, 6) is 1.33. The summed E-state index contributed by atoms with van der Waals surface area (Å²) in [5, 5.41) is 2.91. The summed E-state index contributed by atoms with van der Waals surface area (Å²) in [6.45, 7) is 1.10. The van der Waals surface area contributed by atoms with Gasteiger partial charge in [0.1, 0.15) is 13.2 Å². The number of hydrogen-bond donors (Lipinski definition) is 2. The number of anilines is 1. The maximum absolute atomic E-state index is 12.1. The zero-order valence-electron chi connectivity index (χ0n) is 11.1. The van der Waals surface area contributed by atoms with Gasteiger partial charge < -0.3 is 20.5 Å². The van der Waals surface area contributed by atoms with Gasteiger partial charge in [0.25, 0.3) is 0 Å². The van der Waals surface area contributed by atoms with E-state index in [2.05, 4.69) is 5.32 Å². The normalized spacial score (nSPS) is 23.9. The molecule has 0 radical (unpaired) electrons. The van der Waals surface area contributed by atoms with E-state index in [1.165, 1.54) is 0 Å². The second kappa shape index (κ2) is 6.33. The lowest BCUT2D eigenvalue weighted by atomic mass is 10.0. The Labute approximate surface area is 124 Å². The second-order valence-corrected chi connectivity index (χ2v) is 5.05. The van der Waals surface area contributed by atoms with E-state index in [0.717, 1.165) is 30.7 Å². The van der Waals surface area contributed by atoms with Gasteiger partial charge in [-0.15, -0.1) is 12.4 Å². The summed E-state index contributed by atoms with van der Waals surface area (Å²) >= 11 is 0. The molecule has 3 rings (SSSR count). The number of carbonyl (C=O) groups excluding carboxylic acids is 1. The van der Waals surface area contributed by atoms with Crippen molar-refractivity contribution in [3.05, 3.63) is 18.2 Å². The van der Waals surface area contributed by atoms with Crippen LogP contribution in [0.2, 0.25) is 0 Å². The molecule has 1 amide bonds. The number of benzene rings is 1. The topological polar surface area (TPSA) is 73.6 Å². The number of amides is 1. The second-order valence-electron chi connectivity index (χ2n) is 5.05. The molecule has 1 aliphatic heterocycles. The SMILES string of the molecule is Cl.NC1CCCC1C(=O)Nc1ccc2c(c1)OCCO2. The van der Waals surface area contributed by atoms with Crippen molar-refractivity contribution in [2.45, 2.75) is 25.3 Å². The van der Waals surface area contributed by atoms with E-state index < -0.39 is 0 Å². The number of fused-ring (bicyclic) bond motifs is 1. The molecule has 0 saturated heterocycles. The van der Waals surface area contributed by atoms with Crippen molar-refractivity contribution in [1.82, 2.24) is 0 Å². The zero-order chi connectivity index (χ0) is 13.2. The van der Waals surface area contributed by atoms with Gasteiger partial charge in [0.15, 0.2) is 11.5 Å². The van der Waals surface area contributed by atoms with Gasteiger partial charge in [0.05, 0.1) is 5.92 Å². The largest absolute Gasteiger partial charge is 0.486 e. The number of carbonyl (C=O) groups is 1. The van der Waals surface area contributed by atoms with Crippen LogP contribution < -0.4 is 20.5 Å². The standard InChI is InChI=1S/C14H18N2O3.ClH/c15-11-3-1-2-10(11)14(17)16-9-4-5-12-13(8-9)19-7-6-18-12;/h4-5,8,10-11H,1-3,6-7,15H2,(H,16,17);1H. The van der Waals surface area contributed by atoms with Crippen molar-refractivity contribution in [3.63, 3.8) is 0 Å². The fourth-order valence-electron chi connectivity index (χ4n) is 2.67. The molecule has 1 aliphatic carbocycles. The fraction of sp³-hybridized carbons (Fsp3) is 0.500. The Morgan fingerprint density at radius 1 is 1.20 bits per heavy atom. The van der Waals surface area contributed by atoms with Crippen LogP contribution in [0.25, 0.3) is 0 Å². The highest BCUT2D eigenvalue weighted by atomic mass is 35.5. The number of nitrogens with one attached hydrogen (secondary N) is 1. The lowest BCUT2D eigenvalue weighted by molar-refractivity contribution is -0.120. The molecule has 1 fully saturated rings. The van der Waals surface area contributed by atoms with Crippen LogP contribution in [0.15, 0.2) is 18.2 Å². The Morgan fingerprint density at radius 2 is 1.95 bits per heavy atom. The molecule has 0 spiro atoms. The Morgan fingerprint density at radius 3 is 2.65 bits per heavy atom. The molecule has 1 aromatic carbocycles. The lowest BCUT2D eigenvalue weighted by Gasteiger charge is -2.20. The van der Waals surface area contributed by atoms with Crippen LogP contribution in [0.4, 0.5) is 5.69 Å². The highest BCUT2D eigenvalue weighted by molar-refractivity contribution is 5.93. The van der Waals surface area contributed by atoms with Gasteiger partial charge in [0.2, 0.25) is 5.91 Å². The monoisotopic (exact) mass is 298 g/mol. The molecule has 2 aliphatic rings. The Bertz CT molecular complexity index is 495. The minimum Gasteiger partial charge on any atom is -0.486 e. The number of halogens is 1. The molecule has 20 heavy (non-hydrogen) atoms. The van der Waals surface area contributed by atoms with Crippen LogP contribution in [0.5, 0.6) is 11.5 Å². The third kappa shape index (κ3) is 2.99. The number of rotatable bonds is 2. The first-order valence-corrected chi connectivity index (χ1v) is 6.70. The molecule has 3 N–H and O–H groups in total. The van der Waals surface area contributed by atoms with Crippen LogP contribution in [-0.2, 0) is 4.79 Å². The zero-order valence-corrected chi connectivity index (χ0v) is 11.9. The van der Waals surface area contributed by atoms with E-state index in [-0.39, 0.29) is 30.3 Å². The van der Waals surface area contributed by atoms with Crippen molar-refractivity contribution in [2.24, 2.45) is 11.7 Å². The Kier molecular flexibility index (Phi) is 4.73. The third-order valence-electron chi connectivity index (χ3n) is 3.72. The first-order chi connectivity index (χ1) is 9.24. The highest BCUT2D eigenvalue weighted by Gasteiger charge is 2.30. The third-order valence-corrected chi connectivity index (χ3v) is 3.72. The van der Waals surface area contributed by atoms with Crippen LogP contribution in [-0.4, -0.2) is 25.2 Å². The van der Waals surface area contributed by atoms with E-state index >= 15 is 0 Å². The predicted octanol–water partition coefficient (Wildman–Crippen LogP) is 1.95. The summed E-state index contributed by atoms with van der Waals surface area (Å²) < 4.78 is 10.9. The summed E-state index contributed by atoms with van der Waals surface area (Å²) in [7, 11) is 0. The molecular weight excluding hydrogens is 280 g/mol. The molecule has 2 atom stereocenters. The van der Waals surface area contributed by atoms with Crippen molar-refractivity contribution >= 4 is 24.0 Å². The first-order valence-electron chi connectivity index (χ1n) is 6.70. The Balaban J connectivity index is 0.00000147. The average Bonchev–Trinajstić information content (AvgIpc) is 2.85. The molecule has 0 aromatic heterocycles. The van der Waals surface area contributed by atoms with Gasteiger partial charge in [-0.25, -0.2) is 0 Å². The summed E-state index contributed by atoms with van der Waals surface area (Å²) in [4.78, 5) is 12.1. The van der Waals surface area contributed by atoms with Crippen molar-refractivity contribution in [1.29, 1.82) is 0 Å². The minimum atomic E-state index is -0.0757. The number of ether oxygens (including phenoxy) is 2. The molecule has 2 unspecified atom stereocenters. The summed E-state index contributed by atoms with van der Waals surface area (Å²) in [5.41, 5.74) is 6.67. The maximum Gasteiger partial charge on any atom is 0.229 e.